The van der Waals surface area contributed by atoms with Gasteiger partial charge in [-0.05, 0) is 25.2 Å². The smallest absolute Gasteiger partial charge is 0.0926 e. The minimum Gasteiger partial charge on any atom is -0.360 e. The Morgan fingerprint density at radius 2 is 2.09 bits per heavy atom. The molecule has 0 spiro atoms. The Hall–Kier alpha value is -0.530. The first-order chi connectivity index (χ1) is 5.01. The van der Waals surface area contributed by atoms with Gasteiger partial charge in [0.15, 0.2) is 0 Å². The maximum Gasteiger partial charge on any atom is 0.0926 e. The lowest BCUT2D eigenvalue weighted by Gasteiger charge is -2.38. The van der Waals surface area contributed by atoms with E-state index in [1.165, 1.54) is 12.8 Å². The van der Waals surface area contributed by atoms with Crippen LogP contribution in [0.25, 0.3) is 0 Å². The van der Waals surface area contributed by atoms with E-state index in [9.17, 15) is 0 Å². The van der Waals surface area contributed by atoms with Crippen molar-refractivity contribution >= 4 is 5.84 Å². The molecular formula is C9H18N2. The predicted octanol–water partition coefficient (Wildman–Crippen LogP) is 2.11. The number of likely N-dealkylation sites (tertiary alicyclic amines) is 1. The molecule has 1 N–H and O–H groups in total. The molecule has 11 heavy (non-hydrogen) atoms. The van der Waals surface area contributed by atoms with Gasteiger partial charge in [0.25, 0.3) is 0 Å². The van der Waals surface area contributed by atoms with E-state index >= 15 is 0 Å². The molecule has 1 fully saturated rings. The van der Waals surface area contributed by atoms with Crippen LogP contribution < -0.4 is 0 Å². The number of piperidine rings is 1. The van der Waals surface area contributed by atoms with Gasteiger partial charge in [0, 0.05) is 13.1 Å². The van der Waals surface area contributed by atoms with Crippen molar-refractivity contribution in [2.24, 2.45) is 5.41 Å². The van der Waals surface area contributed by atoms with E-state index in [0.717, 1.165) is 18.9 Å². The van der Waals surface area contributed by atoms with Gasteiger partial charge in [-0.1, -0.05) is 13.8 Å². The Morgan fingerprint density at radius 1 is 1.45 bits per heavy atom. The molecule has 0 radical (unpaired) electrons. The van der Waals surface area contributed by atoms with Gasteiger partial charge in [0.2, 0.25) is 0 Å². The Labute approximate surface area is 69.1 Å². The maximum absolute atomic E-state index is 7.49. The Bertz CT molecular complexity index is 161. The molecule has 0 aromatic carbocycles. The number of nitrogens with zero attached hydrogens (tertiary/aromatic N) is 1. The zero-order valence-electron chi connectivity index (χ0n) is 7.78. The van der Waals surface area contributed by atoms with Crippen molar-refractivity contribution in [1.29, 1.82) is 5.41 Å². The van der Waals surface area contributed by atoms with Crippen LogP contribution in [0.15, 0.2) is 0 Å². The van der Waals surface area contributed by atoms with Crippen molar-refractivity contribution in [2.45, 2.75) is 33.6 Å². The molecular weight excluding hydrogens is 136 g/mol. The van der Waals surface area contributed by atoms with E-state index in [1.807, 2.05) is 6.92 Å². The Kier molecular flexibility index (Phi) is 2.21. The van der Waals surface area contributed by atoms with Crippen LogP contribution in [0.3, 0.4) is 0 Å². The van der Waals surface area contributed by atoms with Crippen LogP contribution in [0.5, 0.6) is 0 Å². The second-order valence-electron chi connectivity index (χ2n) is 4.27. The van der Waals surface area contributed by atoms with Gasteiger partial charge in [0.1, 0.15) is 0 Å². The van der Waals surface area contributed by atoms with Gasteiger partial charge in [-0.3, -0.25) is 5.41 Å². The number of hydrogen-bond acceptors (Lipinski definition) is 1. The lowest BCUT2D eigenvalue weighted by atomic mass is 9.84. The second-order valence-corrected chi connectivity index (χ2v) is 4.27. The van der Waals surface area contributed by atoms with Crippen molar-refractivity contribution in [3.8, 4) is 0 Å². The molecule has 0 atom stereocenters. The average molecular weight is 154 g/mol. The standard InChI is InChI=1S/C9H18N2/c1-8(10)11-6-4-5-9(2,3)7-11/h10H,4-7H2,1-3H3. The summed E-state index contributed by atoms with van der Waals surface area (Å²) >= 11 is 0. The monoisotopic (exact) mass is 154 g/mol. The fraction of sp³-hybridized carbons (Fsp3) is 0.889. The van der Waals surface area contributed by atoms with Crippen molar-refractivity contribution in [3.63, 3.8) is 0 Å². The van der Waals surface area contributed by atoms with Gasteiger partial charge in [-0.2, -0.15) is 0 Å². The van der Waals surface area contributed by atoms with E-state index in [1.54, 1.807) is 0 Å². The normalized spacial score (nSPS) is 23.4. The lowest BCUT2D eigenvalue weighted by Crippen LogP contribution is -2.42. The first-order valence-corrected chi connectivity index (χ1v) is 4.31. The van der Waals surface area contributed by atoms with Crippen LogP contribution in [0.2, 0.25) is 0 Å². The largest absolute Gasteiger partial charge is 0.360 e. The van der Waals surface area contributed by atoms with Crippen LogP contribution in [0.4, 0.5) is 0 Å². The molecule has 64 valence electrons. The van der Waals surface area contributed by atoms with Gasteiger partial charge < -0.3 is 4.90 Å². The molecule has 2 heteroatoms. The van der Waals surface area contributed by atoms with Crippen molar-refractivity contribution in [2.75, 3.05) is 13.1 Å². The highest BCUT2D eigenvalue weighted by molar-refractivity contribution is 5.76. The highest BCUT2D eigenvalue weighted by atomic mass is 15.2. The van der Waals surface area contributed by atoms with Crippen LogP contribution in [-0.4, -0.2) is 23.8 Å². The van der Waals surface area contributed by atoms with Gasteiger partial charge in [-0.25, -0.2) is 0 Å². The van der Waals surface area contributed by atoms with E-state index in [0.29, 0.717) is 5.41 Å². The van der Waals surface area contributed by atoms with Crippen LogP contribution in [-0.2, 0) is 0 Å². The first kappa shape index (κ1) is 8.57. The fourth-order valence-electron chi connectivity index (χ4n) is 1.71. The summed E-state index contributed by atoms with van der Waals surface area (Å²) in [6, 6.07) is 0. The molecule has 0 amide bonds. The highest BCUT2D eigenvalue weighted by Crippen LogP contribution is 2.28. The van der Waals surface area contributed by atoms with Crippen LogP contribution in [0, 0.1) is 10.8 Å². The first-order valence-electron chi connectivity index (χ1n) is 4.31. The SMILES string of the molecule is CC(=N)N1CCCC(C)(C)C1. The zero-order chi connectivity index (χ0) is 8.48. The molecule has 0 unspecified atom stereocenters. The summed E-state index contributed by atoms with van der Waals surface area (Å²) in [6.07, 6.45) is 2.54. The Morgan fingerprint density at radius 3 is 2.45 bits per heavy atom. The molecule has 2 nitrogen and oxygen atoms in total. The summed E-state index contributed by atoms with van der Waals surface area (Å²) in [4.78, 5) is 2.17. The molecule has 1 saturated heterocycles. The van der Waals surface area contributed by atoms with Crippen molar-refractivity contribution in [1.82, 2.24) is 4.90 Å². The van der Waals surface area contributed by atoms with Gasteiger partial charge in [0.05, 0.1) is 5.84 Å². The number of nitrogens with one attached hydrogen (secondary N) is 1. The summed E-state index contributed by atoms with van der Waals surface area (Å²) in [6.45, 7) is 8.58. The third-order valence-corrected chi connectivity index (χ3v) is 2.37. The summed E-state index contributed by atoms with van der Waals surface area (Å²) in [7, 11) is 0. The van der Waals surface area contributed by atoms with Crippen LogP contribution >= 0.6 is 0 Å². The summed E-state index contributed by atoms with van der Waals surface area (Å²) < 4.78 is 0. The molecule has 0 aromatic heterocycles. The predicted molar refractivity (Wildman–Crippen MR) is 48.0 cm³/mol. The quantitative estimate of drug-likeness (QED) is 0.420. The summed E-state index contributed by atoms with van der Waals surface area (Å²) in [5, 5.41) is 7.49. The average Bonchev–Trinajstić information content (AvgIpc) is 1.85. The van der Waals surface area contributed by atoms with E-state index in [-0.39, 0.29) is 0 Å². The fourth-order valence-corrected chi connectivity index (χ4v) is 1.71. The van der Waals surface area contributed by atoms with E-state index in [2.05, 4.69) is 18.7 Å². The molecule has 0 aliphatic carbocycles. The van der Waals surface area contributed by atoms with E-state index in [4.69, 9.17) is 5.41 Å². The minimum atomic E-state index is 0.417. The number of amidine groups is 1. The molecule has 1 rings (SSSR count). The lowest BCUT2D eigenvalue weighted by molar-refractivity contribution is 0.177. The molecule has 1 aliphatic heterocycles. The molecule has 0 saturated carbocycles. The molecule has 0 aromatic rings. The third kappa shape index (κ3) is 2.21. The van der Waals surface area contributed by atoms with Gasteiger partial charge in [-0.15, -0.1) is 0 Å². The maximum atomic E-state index is 7.49. The van der Waals surface area contributed by atoms with Crippen molar-refractivity contribution < 1.29 is 0 Å². The van der Waals surface area contributed by atoms with Crippen molar-refractivity contribution in [3.05, 3.63) is 0 Å². The van der Waals surface area contributed by atoms with E-state index < -0.39 is 0 Å². The third-order valence-electron chi connectivity index (χ3n) is 2.37. The van der Waals surface area contributed by atoms with Gasteiger partial charge >= 0.3 is 0 Å². The minimum absolute atomic E-state index is 0.417. The van der Waals surface area contributed by atoms with Crippen LogP contribution in [0.1, 0.15) is 33.6 Å². The number of rotatable bonds is 0. The zero-order valence-corrected chi connectivity index (χ0v) is 7.78. The summed E-state index contributed by atoms with van der Waals surface area (Å²) in [5.41, 5.74) is 0.417. The summed E-state index contributed by atoms with van der Waals surface area (Å²) in [5.74, 6) is 0.720. The Balaban J connectivity index is 2.53. The topological polar surface area (TPSA) is 27.1 Å². The highest BCUT2D eigenvalue weighted by Gasteiger charge is 2.26. The number of hydrogen-bond donors (Lipinski definition) is 1. The molecule has 1 aliphatic rings. The molecule has 0 bridgehead atoms. The second kappa shape index (κ2) is 2.84. The molecule has 1 heterocycles.